The van der Waals surface area contributed by atoms with Crippen molar-refractivity contribution >= 4 is 46.9 Å². The van der Waals surface area contributed by atoms with Gasteiger partial charge in [-0.05, 0) is 81.0 Å². The summed E-state index contributed by atoms with van der Waals surface area (Å²) in [5.74, 6) is -2.06. The molecule has 2 amide bonds. The van der Waals surface area contributed by atoms with Crippen molar-refractivity contribution in [3.63, 3.8) is 0 Å². The predicted molar refractivity (Wildman–Crippen MR) is 161 cm³/mol. The number of fused-ring (bicyclic) bond motifs is 3. The van der Waals surface area contributed by atoms with Gasteiger partial charge >= 0.3 is 13.1 Å². The zero-order valence-electron chi connectivity index (χ0n) is 24.0. The number of carboxylic acids is 1. The number of hydrogen-bond donors (Lipinski definition) is 3. The number of halogens is 1. The topological polar surface area (TPSA) is 124 Å². The molecular weight excluding hydrogens is 589 g/mol. The van der Waals surface area contributed by atoms with Gasteiger partial charge in [0, 0.05) is 23.0 Å². The summed E-state index contributed by atoms with van der Waals surface area (Å²) in [5, 5.41) is 30.0. The normalized spacial score (nSPS) is 24.6. The molecule has 3 aliphatic rings. The Balaban J connectivity index is 1.52. The van der Waals surface area contributed by atoms with Gasteiger partial charge in [0.05, 0.1) is 17.9 Å². The number of hydrogen-bond acceptors (Lipinski definition) is 6. The highest BCUT2D eigenvalue weighted by Gasteiger charge is 2.56. The van der Waals surface area contributed by atoms with Gasteiger partial charge in [0.1, 0.15) is 5.75 Å². The number of phenols is 1. The first-order valence-corrected chi connectivity index (χ1v) is 15.7. The number of likely N-dealkylation sites (tertiary alicyclic amines) is 1. The molecule has 0 saturated carbocycles. The van der Waals surface area contributed by atoms with E-state index in [1.54, 1.807) is 12.1 Å². The van der Waals surface area contributed by atoms with Crippen LogP contribution in [-0.2, 0) is 19.0 Å². The van der Waals surface area contributed by atoms with Crippen molar-refractivity contribution in [3.05, 3.63) is 45.0 Å². The van der Waals surface area contributed by atoms with Gasteiger partial charge in [-0.3, -0.25) is 19.3 Å². The fourth-order valence-electron chi connectivity index (χ4n) is 6.88. The molecule has 41 heavy (non-hydrogen) atoms. The molecule has 8 nitrogen and oxygen atoms in total. The molecule has 2 aliphatic heterocycles. The van der Waals surface area contributed by atoms with Crippen LogP contribution in [0.3, 0.4) is 0 Å². The van der Waals surface area contributed by atoms with E-state index in [1.807, 2.05) is 12.1 Å². The average molecular weight is 630 g/mol. The van der Waals surface area contributed by atoms with E-state index in [9.17, 15) is 24.5 Å². The zero-order chi connectivity index (χ0) is 29.7. The van der Waals surface area contributed by atoms with Crippen molar-refractivity contribution in [2.75, 3.05) is 6.54 Å². The van der Waals surface area contributed by atoms with Crippen LogP contribution in [0.25, 0.3) is 6.08 Å². The van der Waals surface area contributed by atoms with E-state index >= 15 is 0 Å². The van der Waals surface area contributed by atoms with Gasteiger partial charge in [-0.1, -0.05) is 59.8 Å². The van der Waals surface area contributed by atoms with Gasteiger partial charge in [0.15, 0.2) is 0 Å². The summed E-state index contributed by atoms with van der Waals surface area (Å²) < 4.78 is 7.00. The maximum Gasteiger partial charge on any atom is 0.455 e. The summed E-state index contributed by atoms with van der Waals surface area (Å²) in [4.78, 5) is 39.2. The summed E-state index contributed by atoms with van der Waals surface area (Å²) in [5.41, 5.74) is 4.17. The van der Waals surface area contributed by atoms with Crippen LogP contribution in [0.1, 0.15) is 83.6 Å². The first kappa shape index (κ1) is 31.5. The molecule has 0 aromatic heterocycles. The molecule has 0 radical (unpaired) electrons. The van der Waals surface area contributed by atoms with Crippen LogP contribution in [0.4, 0.5) is 0 Å². The van der Waals surface area contributed by atoms with E-state index in [0.717, 1.165) is 40.4 Å². The number of carbonyl (C=O) groups is 3. The number of aromatic hydroxyl groups is 1. The lowest BCUT2D eigenvalue weighted by atomic mass is 9.58. The van der Waals surface area contributed by atoms with Crippen molar-refractivity contribution < 1.29 is 34.3 Å². The molecule has 10 heteroatoms. The number of amides is 2. The lowest BCUT2D eigenvalue weighted by molar-refractivity contribution is -0.141. The smallest absolute Gasteiger partial charge is 0.455 e. The lowest BCUT2D eigenvalue weighted by Crippen LogP contribution is -2.46. The van der Waals surface area contributed by atoms with E-state index in [4.69, 9.17) is 9.76 Å². The number of phenolic OH excluding ortho intramolecular Hbond substituents is 1. The van der Waals surface area contributed by atoms with E-state index in [0.29, 0.717) is 51.4 Å². The molecule has 1 aromatic carbocycles. The molecule has 0 bridgehead atoms. The highest BCUT2D eigenvalue weighted by molar-refractivity contribution is 9.10. The van der Waals surface area contributed by atoms with E-state index in [-0.39, 0.29) is 36.0 Å². The standard InChI is InChI=1S/C31H41BBrNO7/c1-3-8-19(15-21-16-22(33)11-12-25(21)35)10-13-26-28-20(4-2)17-23-29(24(28)18-32(40)41-26)31(39)34(30(23)38)14-7-5-6-9-27(36)37/h11-12,15-16,23-24,26,29,35,40H,3-10,13-14,17-18H2,1-2H3,(H,36,37)/b19-15+/t23-,24+,26-,29-/m1/s1. The fraction of sp³-hybridized carbons (Fsp3) is 0.581. The van der Waals surface area contributed by atoms with Crippen LogP contribution in [0.5, 0.6) is 5.75 Å². The largest absolute Gasteiger partial charge is 0.507 e. The minimum atomic E-state index is -1.01. The van der Waals surface area contributed by atoms with Gasteiger partial charge in [-0.25, -0.2) is 0 Å². The number of rotatable bonds is 13. The van der Waals surface area contributed by atoms with Crippen molar-refractivity contribution in [2.45, 2.75) is 90.5 Å². The molecule has 1 aliphatic carbocycles. The van der Waals surface area contributed by atoms with Gasteiger partial charge in [-0.15, -0.1) is 0 Å². The van der Waals surface area contributed by atoms with Crippen LogP contribution < -0.4 is 0 Å². The second-order valence-electron chi connectivity index (χ2n) is 11.5. The van der Waals surface area contributed by atoms with Crippen molar-refractivity contribution in [2.24, 2.45) is 17.8 Å². The molecule has 0 unspecified atom stereocenters. The first-order valence-electron chi connectivity index (χ1n) is 14.9. The van der Waals surface area contributed by atoms with Crippen molar-refractivity contribution in [1.82, 2.24) is 4.90 Å². The van der Waals surface area contributed by atoms with Gasteiger partial charge in [-0.2, -0.15) is 0 Å². The van der Waals surface area contributed by atoms with Gasteiger partial charge < -0.3 is 19.9 Å². The SMILES string of the molecule is CCC/C(=C\c1cc(Br)ccc1O)CC[C@H]1OB(O)C[C@H]2C1=C(CC)C[C@H]1C(=O)N(CCCCCC(=O)O)C(=O)[C@H]12. The summed E-state index contributed by atoms with van der Waals surface area (Å²) in [7, 11) is -1.01. The Bertz CT molecular complexity index is 1210. The second-order valence-corrected chi connectivity index (χ2v) is 12.4. The maximum atomic E-state index is 13.6. The summed E-state index contributed by atoms with van der Waals surface area (Å²) >= 11 is 3.48. The third-order valence-corrected chi connectivity index (χ3v) is 9.24. The Hall–Kier alpha value is -2.43. The summed E-state index contributed by atoms with van der Waals surface area (Å²) in [6.45, 7) is 4.50. The molecule has 2 saturated heterocycles. The molecule has 2 heterocycles. The maximum absolute atomic E-state index is 13.6. The highest BCUT2D eigenvalue weighted by Crippen LogP contribution is 2.51. The average Bonchev–Trinajstić information content (AvgIpc) is 3.17. The molecule has 4 rings (SSSR count). The molecule has 4 atom stereocenters. The molecule has 222 valence electrons. The third-order valence-electron chi connectivity index (χ3n) is 8.75. The second kappa shape index (κ2) is 14.2. The quantitative estimate of drug-likeness (QED) is 0.106. The van der Waals surface area contributed by atoms with Crippen LogP contribution in [-0.4, -0.2) is 57.7 Å². The summed E-state index contributed by atoms with van der Waals surface area (Å²) in [6, 6.07) is 5.36. The molecule has 3 N–H and O–H groups in total. The van der Waals surface area contributed by atoms with Crippen molar-refractivity contribution in [1.29, 1.82) is 0 Å². The monoisotopic (exact) mass is 629 g/mol. The first-order chi connectivity index (χ1) is 19.6. The minimum Gasteiger partial charge on any atom is -0.507 e. The Morgan fingerprint density at radius 2 is 1.90 bits per heavy atom. The Labute approximate surface area is 251 Å². The predicted octanol–water partition coefficient (Wildman–Crippen LogP) is 5.97. The molecular formula is C31H41BBrNO7. The Morgan fingerprint density at radius 1 is 1.12 bits per heavy atom. The highest BCUT2D eigenvalue weighted by atomic mass is 79.9. The van der Waals surface area contributed by atoms with E-state index in [1.165, 1.54) is 10.5 Å². The number of imide groups is 1. The van der Waals surface area contributed by atoms with Gasteiger partial charge in [0.2, 0.25) is 11.8 Å². The van der Waals surface area contributed by atoms with E-state index < -0.39 is 24.9 Å². The molecule has 1 aromatic rings. The number of carbonyl (C=O) groups excluding carboxylic acids is 2. The third kappa shape index (κ3) is 7.32. The molecule has 0 spiro atoms. The number of aliphatic carboxylic acids is 1. The summed E-state index contributed by atoms with van der Waals surface area (Å²) in [6.07, 6.45) is 8.28. The number of nitrogens with zero attached hydrogens (tertiary/aromatic N) is 1. The van der Waals surface area contributed by atoms with Crippen LogP contribution >= 0.6 is 15.9 Å². The molecule has 2 fully saturated rings. The lowest BCUT2D eigenvalue weighted by Gasteiger charge is -2.43. The van der Waals surface area contributed by atoms with Crippen LogP contribution in [0, 0.1) is 17.8 Å². The number of allylic oxidation sites excluding steroid dienone is 2. The Morgan fingerprint density at radius 3 is 2.61 bits per heavy atom. The van der Waals surface area contributed by atoms with E-state index in [2.05, 4.69) is 29.8 Å². The Kier molecular flexibility index (Phi) is 10.9. The number of carboxylic acid groups (broad SMARTS) is 1. The van der Waals surface area contributed by atoms with Crippen LogP contribution in [0.2, 0.25) is 6.32 Å². The zero-order valence-corrected chi connectivity index (χ0v) is 25.6. The van der Waals surface area contributed by atoms with Crippen LogP contribution in [0.15, 0.2) is 39.4 Å². The number of unbranched alkanes of at least 4 members (excludes halogenated alkanes) is 2. The number of benzene rings is 1. The van der Waals surface area contributed by atoms with Gasteiger partial charge in [0.25, 0.3) is 0 Å². The minimum absolute atomic E-state index is 0.0842. The van der Waals surface area contributed by atoms with Crippen molar-refractivity contribution in [3.8, 4) is 5.75 Å². The fourth-order valence-corrected chi connectivity index (χ4v) is 7.26.